The lowest BCUT2D eigenvalue weighted by Gasteiger charge is -2.13. The van der Waals surface area contributed by atoms with Crippen molar-refractivity contribution < 1.29 is 18.7 Å². The molecule has 2 amide bonds. The van der Waals surface area contributed by atoms with Crippen LogP contribution in [-0.4, -0.2) is 18.4 Å². The van der Waals surface area contributed by atoms with Gasteiger partial charge in [-0.05, 0) is 37.3 Å². The Hall–Kier alpha value is -2.47. The third-order valence-corrected chi connectivity index (χ3v) is 3.15. The van der Waals surface area contributed by atoms with Gasteiger partial charge in [0, 0.05) is 5.02 Å². The number of hydrogen-bond donors (Lipinski definition) is 2. The molecule has 1 unspecified atom stereocenters. The van der Waals surface area contributed by atoms with Crippen LogP contribution in [0.1, 0.15) is 29.1 Å². The fourth-order valence-corrected chi connectivity index (χ4v) is 2.03. The first-order chi connectivity index (χ1) is 10.5. The molecule has 3 N–H and O–H groups in total. The van der Waals surface area contributed by atoms with Crippen LogP contribution in [0.4, 0.5) is 0 Å². The second-order valence-corrected chi connectivity index (χ2v) is 5.03. The molecular formula is C15H15ClN2O4. The van der Waals surface area contributed by atoms with E-state index in [4.69, 9.17) is 26.5 Å². The highest BCUT2D eigenvalue weighted by atomic mass is 35.5. The van der Waals surface area contributed by atoms with Crippen molar-refractivity contribution >= 4 is 23.4 Å². The van der Waals surface area contributed by atoms with E-state index in [1.165, 1.54) is 18.4 Å². The van der Waals surface area contributed by atoms with E-state index < -0.39 is 5.91 Å². The van der Waals surface area contributed by atoms with E-state index in [0.29, 0.717) is 10.8 Å². The summed E-state index contributed by atoms with van der Waals surface area (Å²) < 4.78 is 10.5. The summed E-state index contributed by atoms with van der Waals surface area (Å²) in [4.78, 5) is 23.2. The number of hydrogen-bond acceptors (Lipinski definition) is 4. The highest BCUT2D eigenvalue weighted by Gasteiger charge is 2.14. The third kappa shape index (κ3) is 4.02. The molecule has 0 aliphatic carbocycles. The Morgan fingerprint density at radius 2 is 2.18 bits per heavy atom. The van der Waals surface area contributed by atoms with Gasteiger partial charge in [-0.2, -0.15) is 0 Å². The molecule has 2 aromatic rings. The molecule has 0 radical (unpaired) electrons. The third-order valence-electron chi connectivity index (χ3n) is 2.91. The van der Waals surface area contributed by atoms with Crippen molar-refractivity contribution in [1.82, 2.24) is 5.32 Å². The minimum atomic E-state index is -0.679. The standard InChI is InChI=1S/C15H15ClN2O4/c1-9(12-3-2-6-21-12)18-14(19)8-22-13-5-4-10(16)7-11(13)15(17)20/h2-7,9H,8H2,1H3,(H2,17,20)(H,18,19). The summed E-state index contributed by atoms with van der Waals surface area (Å²) >= 11 is 5.80. The Morgan fingerprint density at radius 1 is 1.41 bits per heavy atom. The zero-order valence-corrected chi connectivity index (χ0v) is 12.6. The molecule has 0 saturated heterocycles. The van der Waals surface area contributed by atoms with Gasteiger partial charge in [-0.3, -0.25) is 9.59 Å². The monoisotopic (exact) mass is 322 g/mol. The quantitative estimate of drug-likeness (QED) is 0.853. The van der Waals surface area contributed by atoms with E-state index in [-0.39, 0.29) is 29.9 Å². The maximum atomic E-state index is 11.9. The average Bonchev–Trinajstić information content (AvgIpc) is 3.00. The van der Waals surface area contributed by atoms with Crippen LogP contribution >= 0.6 is 11.6 Å². The normalized spacial score (nSPS) is 11.7. The molecule has 1 heterocycles. The molecule has 0 spiro atoms. The van der Waals surface area contributed by atoms with E-state index >= 15 is 0 Å². The maximum Gasteiger partial charge on any atom is 0.258 e. The number of carbonyl (C=O) groups is 2. The number of nitrogens with one attached hydrogen (secondary N) is 1. The van der Waals surface area contributed by atoms with Crippen molar-refractivity contribution in [2.45, 2.75) is 13.0 Å². The first kappa shape index (κ1) is 15.9. The Kier molecular flexibility index (Phi) is 5.06. The van der Waals surface area contributed by atoms with Crippen LogP contribution in [-0.2, 0) is 4.79 Å². The number of primary amides is 1. The Morgan fingerprint density at radius 3 is 2.82 bits per heavy atom. The first-order valence-corrected chi connectivity index (χ1v) is 6.90. The van der Waals surface area contributed by atoms with E-state index in [9.17, 15) is 9.59 Å². The van der Waals surface area contributed by atoms with Gasteiger partial charge in [0.25, 0.3) is 11.8 Å². The smallest absolute Gasteiger partial charge is 0.258 e. The molecule has 1 atom stereocenters. The summed E-state index contributed by atoms with van der Waals surface area (Å²) in [6, 6.07) is 7.64. The maximum absolute atomic E-state index is 11.9. The molecule has 1 aromatic carbocycles. The molecule has 7 heteroatoms. The lowest BCUT2D eigenvalue weighted by Crippen LogP contribution is -2.31. The van der Waals surface area contributed by atoms with Crippen molar-refractivity contribution in [3.05, 3.63) is 52.9 Å². The van der Waals surface area contributed by atoms with Gasteiger partial charge in [0.15, 0.2) is 6.61 Å². The molecule has 22 heavy (non-hydrogen) atoms. The number of halogens is 1. The van der Waals surface area contributed by atoms with Gasteiger partial charge < -0.3 is 20.2 Å². The molecule has 0 aliphatic heterocycles. The van der Waals surface area contributed by atoms with Crippen LogP contribution < -0.4 is 15.8 Å². The minimum absolute atomic E-state index is 0.124. The molecule has 0 aliphatic rings. The summed E-state index contributed by atoms with van der Waals surface area (Å²) in [5, 5.41) is 3.07. The molecule has 6 nitrogen and oxygen atoms in total. The first-order valence-electron chi connectivity index (χ1n) is 6.52. The summed E-state index contributed by atoms with van der Waals surface area (Å²) in [6.45, 7) is 1.53. The van der Waals surface area contributed by atoms with Crippen LogP contribution in [0.5, 0.6) is 5.75 Å². The Labute approximate surface area is 132 Å². The second kappa shape index (κ2) is 7.00. The predicted octanol–water partition coefficient (Wildman–Crippen LogP) is 2.29. The van der Waals surface area contributed by atoms with Crippen molar-refractivity contribution in [1.29, 1.82) is 0 Å². The molecular weight excluding hydrogens is 308 g/mol. The van der Waals surface area contributed by atoms with E-state index in [2.05, 4.69) is 5.32 Å². The minimum Gasteiger partial charge on any atom is -0.483 e. The summed E-state index contributed by atoms with van der Waals surface area (Å²) in [5.74, 6) is -0.188. The molecule has 0 saturated carbocycles. The number of rotatable bonds is 6. The van der Waals surface area contributed by atoms with Gasteiger partial charge in [-0.15, -0.1) is 0 Å². The van der Waals surface area contributed by atoms with Crippen LogP contribution in [0, 0.1) is 0 Å². The fourth-order valence-electron chi connectivity index (χ4n) is 1.86. The summed E-state index contributed by atoms with van der Waals surface area (Å²) in [7, 11) is 0. The van der Waals surface area contributed by atoms with Crippen molar-refractivity contribution in [2.75, 3.05) is 6.61 Å². The predicted molar refractivity (Wildman–Crippen MR) is 80.7 cm³/mol. The van der Waals surface area contributed by atoms with Crippen LogP contribution in [0.2, 0.25) is 5.02 Å². The topological polar surface area (TPSA) is 94.6 Å². The highest BCUT2D eigenvalue weighted by molar-refractivity contribution is 6.31. The van der Waals surface area contributed by atoms with Crippen molar-refractivity contribution in [3.8, 4) is 5.75 Å². The van der Waals surface area contributed by atoms with Gasteiger partial charge in [-0.1, -0.05) is 11.6 Å². The largest absolute Gasteiger partial charge is 0.483 e. The zero-order chi connectivity index (χ0) is 16.1. The summed E-state index contributed by atoms with van der Waals surface area (Å²) in [6.07, 6.45) is 1.53. The average molecular weight is 323 g/mol. The van der Waals surface area contributed by atoms with E-state index in [1.807, 2.05) is 0 Å². The van der Waals surface area contributed by atoms with Gasteiger partial charge in [0.05, 0.1) is 17.9 Å². The zero-order valence-electron chi connectivity index (χ0n) is 11.8. The number of nitrogens with two attached hydrogens (primary N) is 1. The van der Waals surface area contributed by atoms with E-state index in [1.54, 1.807) is 25.1 Å². The van der Waals surface area contributed by atoms with Crippen LogP contribution in [0.15, 0.2) is 41.0 Å². The second-order valence-electron chi connectivity index (χ2n) is 4.60. The number of carbonyl (C=O) groups excluding carboxylic acids is 2. The van der Waals surface area contributed by atoms with Crippen LogP contribution in [0.25, 0.3) is 0 Å². The van der Waals surface area contributed by atoms with Gasteiger partial charge in [0.2, 0.25) is 0 Å². The summed E-state index contributed by atoms with van der Waals surface area (Å²) in [5.41, 5.74) is 5.37. The van der Waals surface area contributed by atoms with Gasteiger partial charge in [0.1, 0.15) is 11.5 Å². The number of benzene rings is 1. The molecule has 0 bridgehead atoms. The molecule has 0 fully saturated rings. The number of furan rings is 1. The van der Waals surface area contributed by atoms with Crippen molar-refractivity contribution in [3.63, 3.8) is 0 Å². The Bertz CT molecular complexity index is 670. The molecule has 2 rings (SSSR count). The molecule has 1 aromatic heterocycles. The highest BCUT2D eigenvalue weighted by Crippen LogP contribution is 2.22. The lowest BCUT2D eigenvalue weighted by atomic mass is 10.2. The van der Waals surface area contributed by atoms with Gasteiger partial charge in [-0.25, -0.2) is 0 Å². The van der Waals surface area contributed by atoms with Gasteiger partial charge >= 0.3 is 0 Å². The van der Waals surface area contributed by atoms with E-state index in [0.717, 1.165) is 0 Å². The Balaban J connectivity index is 1.95. The lowest BCUT2D eigenvalue weighted by molar-refractivity contribution is -0.123. The van der Waals surface area contributed by atoms with Crippen molar-refractivity contribution in [2.24, 2.45) is 5.73 Å². The number of ether oxygens (including phenoxy) is 1. The number of amides is 2. The molecule has 116 valence electrons. The SMILES string of the molecule is CC(NC(=O)COc1ccc(Cl)cc1C(N)=O)c1ccco1. The van der Waals surface area contributed by atoms with Crippen LogP contribution in [0.3, 0.4) is 0 Å². The fraction of sp³-hybridized carbons (Fsp3) is 0.200.